The number of phosphoric ester groups is 3. The maximum absolute atomic E-state index is 12.6. The van der Waals surface area contributed by atoms with Crippen LogP contribution in [0.5, 0.6) is 11.5 Å². The van der Waals surface area contributed by atoms with Crippen LogP contribution in [-0.4, -0.2) is 68.9 Å². The summed E-state index contributed by atoms with van der Waals surface area (Å²) in [5.41, 5.74) is 4.40. The average molecular weight is 1670 g/mol. The lowest BCUT2D eigenvalue weighted by atomic mass is 10.0. The first-order chi connectivity index (χ1) is 56.0. The lowest BCUT2D eigenvalue weighted by Gasteiger charge is -2.31. The maximum Gasteiger partial charge on any atom is 0.220 e. The maximum atomic E-state index is 12.6. The number of phosphoric acid groups is 3. The van der Waals surface area contributed by atoms with Crippen LogP contribution in [0, 0.1) is 11.8 Å². The van der Waals surface area contributed by atoms with Gasteiger partial charge in [-0.3, -0.25) is 14.4 Å². The number of unbranched alkanes of at least 4 members (excludes halogenated alkanes) is 33. The van der Waals surface area contributed by atoms with Crippen LogP contribution in [0.1, 0.15) is 332 Å². The highest BCUT2D eigenvalue weighted by Crippen LogP contribution is 2.28. The first kappa shape index (κ1) is 106. The number of hydrogen-bond donors (Lipinski definition) is 3. The Morgan fingerprint density at radius 2 is 0.552 bits per heavy atom. The van der Waals surface area contributed by atoms with Gasteiger partial charge < -0.3 is 82.1 Å². The lowest BCUT2D eigenvalue weighted by Crippen LogP contribution is -2.40. The first-order valence-electron chi connectivity index (χ1n) is 44.0. The predicted molar refractivity (Wildman–Crippen MR) is 460 cm³/mol. The number of allylic oxidation sites excluding steroid dienone is 6. The molecule has 0 aliphatic carbocycles. The summed E-state index contributed by atoms with van der Waals surface area (Å²) in [6.45, 7) is 10.5. The number of ether oxygens (including phenoxy) is 2. The normalized spacial score (nSPS) is 12.5. The Labute approximate surface area is 699 Å². The summed E-state index contributed by atoms with van der Waals surface area (Å²) >= 11 is 0. The summed E-state index contributed by atoms with van der Waals surface area (Å²) < 4.78 is 57.2. The van der Waals surface area contributed by atoms with Crippen molar-refractivity contribution in [3.05, 3.63) is 167 Å². The number of amides is 3. The van der Waals surface area contributed by atoms with Gasteiger partial charge in [0.15, 0.2) is 0 Å². The third-order valence-corrected chi connectivity index (χ3v) is 20.8. The molecule has 0 spiro atoms. The van der Waals surface area contributed by atoms with Gasteiger partial charge in [0.1, 0.15) is 11.5 Å². The fourth-order valence-corrected chi connectivity index (χ4v) is 14.1. The Bertz CT molecular complexity index is 3250. The van der Waals surface area contributed by atoms with Crippen LogP contribution < -0.4 is 54.8 Å². The van der Waals surface area contributed by atoms with Gasteiger partial charge >= 0.3 is 0 Å². The highest BCUT2D eigenvalue weighted by Gasteiger charge is 2.18. The number of carbonyl (C=O) groups excluding carboxylic acids is 3. The van der Waals surface area contributed by atoms with Crippen molar-refractivity contribution in [2.45, 2.75) is 342 Å². The molecule has 4 aromatic rings. The molecule has 0 bridgehead atoms. The molecule has 654 valence electrons. The van der Waals surface area contributed by atoms with Crippen LogP contribution in [0.4, 0.5) is 0 Å². The fraction of sp³-hybridized carbons (Fsp3) is 0.624. The van der Waals surface area contributed by atoms with Crippen molar-refractivity contribution in [1.82, 2.24) is 16.0 Å². The van der Waals surface area contributed by atoms with Crippen molar-refractivity contribution in [2.24, 2.45) is 0 Å². The fourth-order valence-electron chi connectivity index (χ4n) is 13.0. The molecule has 0 saturated heterocycles. The number of hydrogen-bond acceptors (Lipinski definition) is 17. The quantitative estimate of drug-likeness (QED) is 0.0160. The van der Waals surface area contributed by atoms with Crippen molar-refractivity contribution < 1.29 is 80.5 Å². The minimum Gasteiger partial charge on any atom is -0.790 e. The molecule has 0 aliphatic heterocycles. The van der Waals surface area contributed by atoms with Crippen molar-refractivity contribution in [3.63, 3.8) is 0 Å². The Morgan fingerprint density at radius 1 is 0.319 bits per heavy atom. The number of rotatable bonds is 67. The molecule has 0 heterocycles. The van der Waals surface area contributed by atoms with Crippen molar-refractivity contribution >= 4 is 41.2 Å². The van der Waals surface area contributed by atoms with Crippen molar-refractivity contribution in [3.8, 4) is 23.3 Å². The SMILES string of the molecule is CCCCCCCC/C=C\CCCCCCCC(=O)N[C@@H](COP(=O)([O-])[O-])Cc1ccc(C#Cc2ccccc2)cc1.CCCCCCCC/C=C\CCCCCCCC(=O)N[C@@H](COP(=O)([O-])[O-])Cc1ccc(OCC)cc1.CCCCCCCC/C=C\CCCCCCCC(=O)N[C@H](COP(=O)([O-])[O-])Cc1ccc(OCC)cc1. The van der Waals surface area contributed by atoms with Gasteiger partial charge in [0.05, 0.1) is 74.6 Å². The molecule has 0 aromatic heterocycles. The highest BCUT2D eigenvalue weighted by molar-refractivity contribution is 7.43. The second-order valence-corrected chi connectivity index (χ2v) is 33.6. The van der Waals surface area contributed by atoms with E-state index in [4.69, 9.17) is 9.47 Å². The number of benzene rings is 4. The van der Waals surface area contributed by atoms with E-state index in [-0.39, 0.29) is 30.9 Å². The summed E-state index contributed by atoms with van der Waals surface area (Å²) in [7, 11) is -15.4. The van der Waals surface area contributed by atoms with E-state index in [2.05, 4.69) is 98.6 Å². The second kappa shape index (κ2) is 70.8. The lowest BCUT2D eigenvalue weighted by molar-refractivity contribution is -0.343. The van der Waals surface area contributed by atoms with Crippen LogP contribution in [0.15, 0.2) is 140 Å². The molecule has 3 N–H and O–H groups in total. The number of nitrogens with one attached hydrogen (secondary N) is 3. The molecule has 0 aliphatic rings. The third-order valence-electron chi connectivity index (χ3n) is 19.4. The van der Waals surface area contributed by atoms with Crippen molar-refractivity contribution in [2.75, 3.05) is 33.0 Å². The average Bonchev–Trinajstić information content (AvgIpc) is 0.890. The molecule has 20 nitrogen and oxygen atoms in total. The van der Waals surface area contributed by atoms with E-state index >= 15 is 0 Å². The van der Waals surface area contributed by atoms with Crippen LogP contribution in [-0.2, 0) is 60.9 Å². The third kappa shape index (κ3) is 66.9. The van der Waals surface area contributed by atoms with Gasteiger partial charge in [-0.05, 0) is 195 Å². The monoisotopic (exact) mass is 1670 g/mol. The van der Waals surface area contributed by atoms with E-state index in [1.54, 1.807) is 0 Å². The summed E-state index contributed by atoms with van der Waals surface area (Å²) in [5.74, 6) is 7.19. The van der Waals surface area contributed by atoms with Gasteiger partial charge in [-0.15, -0.1) is 0 Å². The predicted octanol–water partition coefficient (Wildman–Crippen LogP) is 19.0. The largest absolute Gasteiger partial charge is 0.790 e. The molecular formula is C93H144N3O17P3-6. The van der Waals surface area contributed by atoms with Gasteiger partial charge in [0.2, 0.25) is 17.7 Å². The minimum absolute atomic E-state index is 0.163. The Morgan fingerprint density at radius 3 is 0.802 bits per heavy atom. The molecule has 116 heavy (non-hydrogen) atoms. The standard InChI is InChI=1S/C35H50NO5P.2C29H50NO6P/c1-2-3-4-5-6-7-8-9-10-11-12-13-14-15-19-22-35(37)36-34(30-41-42(38,39)40)29-33-27-25-32(26-28-33)24-23-31-20-17-16-18-21-31;2*1-3-5-6-7-8-9-10-11-12-13-14-15-16-17-18-19-29(31)30-27(25-36-37(32,33)34)24-26-20-22-28(23-21-26)35-4-2/h9-10,16-18,20-21,25-28,34H,2-8,11-15,19,22,29-30H2,1H3,(H,36,37)(H2,38,39,40);2*11-12,20-23,27H,3-10,13-19,24-25H2,1-2H3,(H,30,31)(H2,32,33,34)/p-6/b10-9-;2*12-11-/t34-;2*27-/m110/s1. The van der Waals surface area contributed by atoms with Crippen LogP contribution in [0.3, 0.4) is 0 Å². The molecule has 0 saturated carbocycles. The number of carbonyl (C=O) groups is 3. The molecule has 23 heteroatoms. The smallest absolute Gasteiger partial charge is 0.220 e. The molecule has 0 radical (unpaired) electrons. The van der Waals surface area contributed by atoms with Crippen molar-refractivity contribution in [1.29, 1.82) is 0 Å². The molecule has 3 atom stereocenters. The van der Waals surface area contributed by atoms with Gasteiger partial charge in [0.25, 0.3) is 0 Å². The van der Waals surface area contributed by atoms with E-state index in [9.17, 15) is 57.4 Å². The van der Waals surface area contributed by atoms with Gasteiger partial charge in [-0.25, -0.2) is 0 Å². The molecule has 4 rings (SSSR count). The van der Waals surface area contributed by atoms with E-state index in [1.165, 1.54) is 154 Å². The Hall–Kier alpha value is -6.00. The van der Waals surface area contributed by atoms with Crippen LogP contribution in [0.2, 0.25) is 0 Å². The Balaban J connectivity index is 0.000000592. The topological polar surface area (TPSA) is 323 Å². The van der Waals surface area contributed by atoms with Gasteiger partial charge in [0, 0.05) is 30.4 Å². The first-order valence-corrected chi connectivity index (χ1v) is 48.3. The van der Waals surface area contributed by atoms with E-state index in [0.717, 1.165) is 136 Å². The minimum atomic E-state index is -5.14. The summed E-state index contributed by atoms with van der Waals surface area (Å²) in [6.07, 6.45) is 62.4. The summed E-state index contributed by atoms with van der Waals surface area (Å²) in [5, 5.41) is 8.50. The molecule has 3 amide bonds. The molecule has 4 aromatic carbocycles. The van der Waals surface area contributed by atoms with Gasteiger partial charge in [-0.1, -0.05) is 278 Å². The van der Waals surface area contributed by atoms with Gasteiger partial charge in [-0.2, -0.15) is 0 Å². The summed E-state index contributed by atoms with van der Waals surface area (Å²) in [6, 6.07) is 30.0. The Kier molecular flexibility index (Phi) is 64.7. The molecular weight excluding hydrogens is 1520 g/mol. The zero-order valence-electron chi connectivity index (χ0n) is 71.1. The summed E-state index contributed by atoms with van der Waals surface area (Å²) in [4.78, 5) is 103. The van der Waals surface area contributed by atoms with Crippen LogP contribution in [0.25, 0.3) is 0 Å². The van der Waals surface area contributed by atoms with E-state index in [1.807, 2.05) is 117 Å². The zero-order valence-corrected chi connectivity index (χ0v) is 73.8. The highest BCUT2D eigenvalue weighted by atomic mass is 31.2. The van der Waals surface area contributed by atoms with E-state index < -0.39 is 48.2 Å². The zero-order chi connectivity index (χ0) is 84.7. The van der Waals surface area contributed by atoms with Crippen LogP contribution >= 0.6 is 23.5 Å². The molecule has 0 unspecified atom stereocenters. The van der Waals surface area contributed by atoms with E-state index in [0.29, 0.717) is 51.7 Å². The molecule has 0 fully saturated rings. The second-order valence-electron chi connectivity index (χ2n) is 30.1.